The lowest BCUT2D eigenvalue weighted by Gasteiger charge is -2.20. The van der Waals surface area contributed by atoms with Gasteiger partial charge in [0.1, 0.15) is 0 Å². The van der Waals surface area contributed by atoms with Gasteiger partial charge in [0.25, 0.3) is 0 Å². The summed E-state index contributed by atoms with van der Waals surface area (Å²) in [7, 11) is 0. The van der Waals surface area contributed by atoms with Crippen molar-refractivity contribution in [2.75, 3.05) is 26.3 Å². The molecule has 0 saturated carbocycles. The minimum absolute atomic E-state index is 0.0816. The number of allylic oxidation sites excluding steroid dienone is 1. The SMILES string of the molecule is CCCCCCCCCCCCCC=CNC(=O)CCC(=O)N(CCO)CCO. The molecule has 6 heteroatoms. The Kier molecular flexibility index (Phi) is 20.3. The third-order valence-electron chi connectivity index (χ3n) is 4.99. The highest BCUT2D eigenvalue weighted by Gasteiger charge is 2.13. The number of rotatable bonds is 20. The highest BCUT2D eigenvalue weighted by molar-refractivity contribution is 5.84. The zero-order valence-electron chi connectivity index (χ0n) is 18.5. The molecule has 0 aliphatic heterocycles. The van der Waals surface area contributed by atoms with Crippen LogP contribution in [0.4, 0.5) is 0 Å². The number of nitrogens with zero attached hydrogens (tertiary/aromatic N) is 1. The molecule has 0 aromatic heterocycles. The minimum Gasteiger partial charge on any atom is -0.395 e. The maximum absolute atomic E-state index is 11.9. The van der Waals surface area contributed by atoms with Crippen LogP contribution in [0.3, 0.4) is 0 Å². The number of amides is 2. The molecule has 6 nitrogen and oxygen atoms in total. The molecule has 170 valence electrons. The summed E-state index contributed by atoms with van der Waals surface area (Å²) in [6.45, 7) is 2.31. The Morgan fingerprint density at radius 2 is 1.31 bits per heavy atom. The van der Waals surface area contributed by atoms with Gasteiger partial charge >= 0.3 is 0 Å². The summed E-state index contributed by atoms with van der Waals surface area (Å²) in [6, 6.07) is 0. The van der Waals surface area contributed by atoms with E-state index in [1.165, 1.54) is 69.1 Å². The Bertz CT molecular complexity index is 421. The molecule has 0 fully saturated rings. The molecular formula is C23H44N2O4. The standard InChI is InChI=1S/C23H44N2O4/c1-2-3-4-5-6-7-8-9-10-11-12-13-14-17-24-22(28)15-16-23(29)25(18-20-26)19-21-27/h14,17,26-27H,2-13,15-16,18-21H2,1H3,(H,24,28). The van der Waals surface area contributed by atoms with Crippen molar-refractivity contribution in [2.24, 2.45) is 0 Å². The fourth-order valence-corrected chi connectivity index (χ4v) is 3.21. The van der Waals surface area contributed by atoms with Crippen LogP contribution in [0.15, 0.2) is 12.3 Å². The van der Waals surface area contributed by atoms with E-state index in [4.69, 9.17) is 10.2 Å². The molecule has 0 bridgehead atoms. The zero-order chi connectivity index (χ0) is 21.6. The first-order chi connectivity index (χ1) is 14.2. The van der Waals surface area contributed by atoms with Gasteiger partial charge in [0, 0.05) is 25.9 Å². The van der Waals surface area contributed by atoms with E-state index in [9.17, 15) is 9.59 Å². The van der Waals surface area contributed by atoms with Crippen LogP contribution in [0.2, 0.25) is 0 Å². The van der Waals surface area contributed by atoms with Gasteiger partial charge < -0.3 is 20.4 Å². The first-order valence-electron chi connectivity index (χ1n) is 11.6. The maximum Gasteiger partial charge on any atom is 0.224 e. The predicted octanol–water partition coefficient (Wildman–Crippen LogP) is 3.91. The van der Waals surface area contributed by atoms with Crippen molar-refractivity contribution in [3.05, 3.63) is 12.3 Å². The Morgan fingerprint density at radius 1 is 0.793 bits per heavy atom. The summed E-state index contributed by atoms with van der Waals surface area (Å²) in [5.41, 5.74) is 0. The van der Waals surface area contributed by atoms with Crippen molar-refractivity contribution in [1.29, 1.82) is 0 Å². The second kappa shape index (κ2) is 21.3. The third-order valence-corrected chi connectivity index (χ3v) is 4.99. The average molecular weight is 413 g/mol. The summed E-state index contributed by atoms with van der Waals surface area (Å²) in [5, 5.41) is 20.5. The van der Waals surface area contributed by atoms with Gasteiger partial charge in [0.15, 0.2) is 0 Å². The van der Waals surface area contributed by atoms with Crippen LogP contribution < -0.4 is 5.32 Å². The van der Waals surface area contributed by atoms with E-state index >= 15 is 0 Å². The van der Waals surface area contributed by atoms with Crippen molar-refractivity contribution in [3.63, 3.8) is 0 Å². The van der Waals surface area contributed by atoms with Crippen LogP contribution in [0.25, 0.3) is 0 Å². The Labute approximate surface area is 177 Å². The Hall–Kier alpha value is -1.40. The molecule has 3 N–H and O–H groups in total. The molecule has 0 saturated heterocycles. The summed E-state index contributed by atoms with van der Waals surface area (Å²) >= 11 is 0. The molecule has 2 amide bonds. The minimum atomic E-state index is -0.229. The van der Waals surface area contributed by atoms with E-state index in [0.29, 0.717) is 0 Å². The number of aliphatic hydroxyl groups is 2. The molecule has 0 aromatic carbocycles. The second-order valence-corrected chi connectivity index (χ2v) is 7.62. The van der Waals surface area contributed by atoms with E-state index in [1.54, 1.807) is 6.20 Å². The predicted molar refractivity (Wildman–Crippen MR) is 118 cm³/mol. The fraction of sp³-hybridized carbons (Fsp3) is 0.826. The quantitative estimate of drug-likeness (QED) is 0.264. The summed E-state index contributed by atoms with van der Waals surface area (Å²) < 4.78 is 0. The maximum atomic E-state index is 11.9. The molecule has 0 aromatic rings. The lowest BCUT2D eigenvalue weighted by Crippen LogP contribution is -2.36. The normalized spacial score (nSPS) is 11.1. The van der Waals surface area contributed by atoms with Crippen LogP contribution >= 0.6 is 0 Å². The number of nitrogens with one attached hydrogen (secondary N) is 1. The van der Waals surface area contributed by atoms with Crippen LogP contribution in [0, 0.1) is 0 Å². The largest absolute Gasteiger partial charge is 0.395 e. The monoisotopic (exact) mass is 412 g/mol. The van der Waals surface area contributed by atoms with Gasteiger partial charge in [0.05, 0.1) is 13.2 Å². The number of hydrogen-bond acceptors (Lipinski definition) is 4. The van der Waals surface area contributed by atoms with Crippen LogP contribution in [0.5, 0.6) is 0 Å². The molecule has 0 heterocycles. The van der Waals surface area contributed by atoms with Crippen molar-refractivity contribution in [1.82, 2.24) is 10.2 Å². The lowest BCUT2D eigenvalue weighted by atomic mass is 10.1. The Balaban J connectivity index is 3.55. The Morgan fingerprint density at radius 3 is 1.83 bits per heavy atom. The topological polar surface area (TPSA) is 89.9 Å². The van der Waals surface area contributed by atoms with Crippen LogP contribution in [-0.2, 0) is 9.59 Å². The van der Waals surface area contributed by atoms with Gasteiger partial charge in [-0.2, -0.15) is 0 Å². The molecule has 0 radical (unpaired) electrons. The number of unbranched alkanes of at least 4 members (excludes halogenated alkanes) is 11. The van der Waals surface area contributed by atoms with Crippen molar-refractivity contribution in [2.45, 2.75) is 96.8 Å². The summed E-state index contributed by atoms with van der Waals surface area (Å²) in [5.74, 6) is -0.422. The lowest BCUT2D eigenvalue weighted by molar-refractivity contribution is -0.134. The van der Waals surface area contributed by atoms with Gasteiger partial charge in [-0.05, 0) is 19.0 Å². The van der Waals surface area contributed by atoms with Crippen LogP contribution in [0.1, 0.15) is 96.8 Å². The van der Waals surface area contributed by atoms with Gasteiger partial charge in [0.2, 0.25) is 11.8 Å². The number of aliphatic hydroxyl groups excluding tert-OH is 2. The van der Waals surface area contributed by atoms with Gasteiger partial charge in [-0.3, -0.25) is 9.59 Å². The summed E-state index contributed by atoms with van der Waals surface area (Å²) in [6.07, 6.45) is 19.3. The van der Waals surface area contributed by atoms with Crippen molar-refractivity contribution in [3.8, 4) is 0 Å². The van der Waals surface area contributed by atoms with E-state index < -0.39 is 0 Å². The van der Waals surface area contributed by atoms with Gasteiger partial charge in [-0.15, -0.1) is 0 Å². The fourth-order valence-electron chi connectivity index (χ4n) is 3.21. The molecule has 0 unspecified atom stereocenters. The van der Waals surface area contributed by atoms with E-state index in [0.717, 1.165) is 12.8 Å². The van der Waals surface area contributed by atoms with E-state index in [-0.39, 0.29) is 51.0 Å². The first kappa shape index (κ1) is 27.6. The second-order valence-electron chi connectivity index (χ2n) is 7.62. The number of carbonyl (C=O) groups is 2. The highest BCUT2D eigenvalue weighted by Crippen LogP contribution is 2.12. The molecule has 0 aliphatic rings. The van der Waals surface area contributed by atoms with Gasteiger partial charge in [-0.1, -0.05) is 77.2 Å². The molecule has 0 aliphatic carbocycles. The molecule has 0 spiro atoms. The van der Waals surface area contributed by atoms with Gasteiger partial charge in [-0.25, -0.2) is 0 Å². The molecular weight excluding hydrogens is 368 g/mol. The van der Waals surface area contributed by atoms with E-state index in [2.05, 4.69) is 12.2 Å². The molecule has 0 atom stereocenters. The van der Waals surface area contributed by atoms with Crippen LogP contribution in [-0.4, -0.2) is 53.2 Å². The molecule has 0 rings (SSSR count). The average Bonchev–Trinajstić information content (AvgIpc) is 2.72. The zero-order valence-corrected chi connectivity index (χ0v) is 18.5. The van der Waals surface area contributed by atoms with Crippen molar-refractivity contribution < 1.29 is 19.8 Å². The summed E-state index contributed by atoms with van der Waals surface area (Å²) in [4.78, 5) is 25.1. The van der Waals surface area contributed by atoms with E-state index in [1.807, 2.05) is 6.08 Å². The van der Waals surface area contributed by atoms with Crippen molar-refractivity contribution >= 4 is 11.8 Å². The smallest absolute Gasteiger partial charge is 0.224 e. The first-order valence-corrected chi connectivity index (χ1v) is 11.6. The number of carbonyl (C=O) groups excluding carboxylic acids is 2. The highest BCUT2D eigenvalue weighted by atomic mass is 16.3. The third kappa shape index (κ3) is 18.4. The number of hydrogen-bond donors (Lipinski definition) is 3. The molecule has 29 heavy (non-hydrogen) atoms.